The first kappa shape index (κ1) is 14.4. The van der Waals surface area contributed by atoms with Crippen LogP contribution >= 0.6 is 0 Å². The summed E-state index contributed by atoms with van der Waals surface area (Å²) in [5.41, 5.74) is 1.34. The van der Waals surface area contributed by atoms with Gasteiger partial charge in [0.25, 0.3) is 0 Å². The first-order valence-corrected chi connectivity index (χ1v) is 7.81. The highest BCUT2D eigenvalue weighted by Gasteiger charge is 2.43. The van der Waals surface area contributed by atoms with E-state index < -0.39 is 0 Å². The molecular formula is C15H23N3O3. The highest BCUT2D eigenvalue weighted by atomic mass is 16.5. The van der Waals surface area contributed by atoms with Crippen LogP contribution in [0.4, 0.5) is 4.79 Å². The van der Waals surface area contributed by atoms with Crippen LogP contribution in [0.1, 0.15) is 33.1 Å². The van der Waals surface area contributed by atoms with Crippen LogP contribution in [-0.2, 0) is 9.53 Å². The number of esters is 1. The Morgan fingerprint density at radius 1 is 1.29 bits per heavy atom. The highest BCUT2D eigenvalue weighted by Crippen LogP contribution is 2.31. The quantitative estimate of drug-likeness (QED) is 0.791. The van der Waals surface area contributed by atoms with Crippen LogP contribution in [0.5, 0.6) is 0 Å². The summed E-state index contributed by atoms with van der Waals surface area (Å²) in [6.07, 6.45) is 2.89. The molecule has 0 aromatic rings. The zero-order valence-electron chi connectivity index (χ0n) is 12.7. The van der Waals surface area contributed by atoms with Crippen LogP contribution in [0.2, 0.25) is 0 Å². The van der Waals surface area contributed by atoms with Crippen molar-refractivity contribution in [1.29, 1.82) is 0 Å². The number of piperidine rings is 1. The van der Waals surface area contributed by atoms with Crippen molar-refractivity contribution >= 4 is 12.0 Å². The molecule has 2 amide bonds. The lowest BCUT2D eigenvalue weighted by Gasteiger charge is -2.31. The van der Waals surface area contributed by atoms with Gasteiger partial charge in [0.1, 0.15) is 6.61 Å². The molecule has 0 radical (unpaired) electrons. The van der Waals surface area contributed by atoms with Crippen molar-refractivity contribution in [2.24, 2.45) is 0 Å². The van der Waals surface area contributed by atoms with Gasteiger partial charge in [-0.25, -0.2) is 9.59 Å². The third kappa shape index (κ3) is 2.41. The average Bonchev–Trinajstić information content (AvgIpc) is 3.01. The number of carbonyl (C=O) groups is 2. The first-order chi connectivity index (χ1) is 10.1. The van der Waals surface area contributed by atoms with Crippen LogP contribution in [0.3, 0.4) is 0 Å². The molecule has 0 saturated carbocycles. The Kier molecular flexibility index (Phi) is 3.89. The fourth-order valence-corrected chi connectivity index (χ4v) is 3.47. The Balaban J connectivity index is 1.83. The molecule has 2 saturated heterocycles. The van der Waals surface area contributed by atoms with Crippen molar-refractivity contribution < 1.29 is 14.3 Å². The van der Waals surface area contributed by atoms with E-state index >= 15 is 0 Å². The minimum Gasteiger partial charge on any atom is -0.456 e. The Bertz CT molecular complexity index is 483. The van der Waals surface area contributed by atoms with Gasteiger partial charge >= 0.3 is 12.0 Å². The number of nitrogens with one attached hydrogen (secondary N) is 1. The summed E-state index contributed by atoms with van der Waals surface area (Å²) >= 11 is 0. The summed E-state index contributed by atoms with van der Waals surface area (Å²) in [6.45, 7) is 6.75. The fraction of sp³-hybridized carbons (Fsp3) is 0.733. The Labute approximate surface area is 125 Å². The lowest BCUT2D eigenvalue weighted by molar-refractivity contribution is -0.136. The van der Waals surface area contributed by atoms with Crippen molar-refractivity contribution in [1.82, 2.24) is 15.1 Å². The van der Waals surface area contributed by atoms with Crippen LogP contribution in [0, 0.1) is 0 Å². The van der Waals surface area contributed by atoms with Gasteiger partial charge in [-0.3, -0.25) is 4.90 Å². The topological polar surface area (TPSA) is 61.9 Å². The van der Waals surface area contributed by atoms with E-state index in [9.17, 15) is 9.59 Å². The van der Waals surface area contributed by atoms with Crippen LogP contribution in [0.15, 0.2) is 11.3 Å². The molecule has 1 N–H and O–H groups in total. The molecule has 0 aromatic heterocycles. The second-order valence-electron chi connectivity index (χ2n) is 6.00. The van der Waals surface area contributed by atoms with E-state index in [1.807, 2.05) is 9.80 Å². The van der Waals surface area contributed by atoms with Gasteiger partial charge in [-0.1, -0.05) is 6.92 Å². The molecule has 0 unspecified atom stereocenters. The van der Waals surface area contributed by atoms with Gasteiger partial charge in [0, 0.05) is 12.6 Å². The van der Waals surface area contributed by atoms with E-state index in [0.717, 1.165) is 44.6 Å². The second-order valence-corrected chi connectivity index (χ2v) is 6.00. The van der Waals surface area contributed by atoms with Gasteiger partial charge in [-0.2, -0.15) is 0 Å². The average molecular weight is 293 g/mol. The van der Waals surface area contributed by atoms with Gasteiger partial charge < -0.3 is 15.0 Å². The lowest BCUT2D eigenvalue weighted by Crippen LogP contribution is -2.45. The molecule has 1 atom stereocenters. The largest absolute Gasteiger partial charge is 0.456 e. The second kappa shape index (κ2) is 5.67. The Morgan fingerprint density at radius 3 is 2.57 bits per heavy atom. The zero-order valence-corrected chi connectivity index (χ0v) is 12.7. The van der Waals surface area contributed by atoms with Crippen molar-refractivity contribution in [3.05, 3.63) is 11.3 Å². The van der Waals surface area contributed by atoms with Crippen molar-refractivity contribution in [2.75, 3.05) is 26.2 Å². The standard InChI is InChI=1S/C15H23N3O3/c1-3-11-8-17(12-4-6-16-7-5-12)15(20)18(11)13-9-21-14(19)10(13)2/h11-12,16H,3-9H2,1-2H3/t11-/m0/s1. The summed E-state index contributed by atoms with van der Waals surface area (Å²) in [4.78, 5) is 28.2. The van der Waals surface area contributed by atoms with E-state index in [4.69, 9.17) is 4.74 Å². The normalized spacial score (nSPS) is 27.8. The minimum absolute atomic E-state index is 0.0430. The van der Waals surface area contributed by atoms with Gasteiger partial charge in [0.15, 0.2) is 0 Å². The molecule has 3 heterocycles. The van der Waals surface area contributed by atoms with Crippen LogP contribution < -0.4 is 5.32 Å². The predicted molar refractivity (Wildman–Crippen MR) is 77.6 cm³/mol. The van der Waals surface area contributed by atoms with E-state index in [1.54, 1.807) is 6.92 Å². The number of carbonyl (C=O) groups excluding carboxylic acids is 2. The van der Waals surface area contributed by atoms with Gasteiger partial charge in [-0.15, -0.1) is 0 Å². The molecule has 21 heavy (non-hydrogen) atoms. The number of urea groups is 1. The molecule has 0 bridgehead atoms. The number of amides is 2. The number of hydrogen-bond acceptors (Lipinski definition) is 4. The SMILES string of the molecule is CC[C@H]1CN(C2CCNCC2)C(=O)N1C1=C(C)C(=O)OC1. The van der Waals surface area contributed by atoms with E-state index in [0.29, 0.717) is 11.6 Å². The molecule has 116 valence electrons. The van der Waals surface area contributed by atoms with Crippen molar-refractivity contribution in [3.63, 3.8) is 0 Å². The first-order valence-electron chi connectivity index (χ1n) is 7.81. The van der Waals surface area contributed by atoms with Crippen molar-refractivity contribution in [3.8, 4) is 0 Å². The molecule has 2 fully saturated rings. The Morgan fingerprint density at radius 2 is 2.00 bits per heavy atom. The summed E-state index contributed by atoms with van der Waals surface area (Å²) in [5.74, 6) is -0.298. The number of nitrogens with zero attached hydrogens (tertiary/aromatic N) is 2. The van der Waals surface area contributed by atoms with Gasteiger partial charge in [0.2, 0.25) is 0 Å². The molecular weight excluding hydrogens is 270 g/mol. The fourth-order valence-electron chi connectivity index (χ4n) is 3.47. The summed E-state index contributed by atoms with van der Waals surface area (Å²) in [5, 5.41) is 3.33. The third-order valence-corrected chi connectivity index (χ3v) is 4.81. The van der Waals surface area contributed by atoms with Gasteiger partial charge in [0.05, 0.1) is 17.3 Å². The predicted octanol–water partition coefficient (Wildman–Crippen LogP) is 1.09. The highest BCUT2D eigenvalue weighted by molar-refractivity contribution is 5.92. The molecule has 3 aliphatic rings. The number of rotatable bonds is 3. The molecule has 6 nitrogen and oxygen atoms in total. The zero-order chi connectivity index (χ0) is 15.0. The molecule has 3 aliphatic heterocycles. The van der Waals surface area contributed by atoms with E-state index in [-0.39, 0.29) is 24.6 Å². The van der Waals surface area contributed by atoms with E-state index in [2.05, 4.69) is 12.2 Å². The maximum atomic E-state index is 12.8. The van der Waals surface area contributed by atoms with E-state index in [1.165, 1.54) is 0 Å². The molecule has 3 rings (SSSR count). The van der Waals surface area contributed by atoms with Gasteiger partial charge in [-0.05, 0) is 39.3 Å². The molecule has 0 aromatic carbocycles. The van der Waals surface area contributed by atoms with Crippen molar-refractivity contribution in [2.45, 2.75) is 45.2 Å². The summed E-state index contributed by atoms with van der Waals surface area (Å²) in [6, 6.07) is 0.505. The maximum Gasteiger partial charge on any atom is 0.336 e. The summed E-state index contributed by atoms with van der Waals surface area (Å²) in [7, 11) is 0. The number of ether oxygens (including phenoxy) is 1. The smallest absolute Gasteiger partial charge is 0.336 e. The lowest BCUT2D eigenvalue weighted by atomic mass is 10.1. The maximum absolute atomic E-state index is 12.8. The minimum atomic E-state index is -0.298. The Hall–Kier alpha value is -1.56. The molecule has 0 spiro atoms. The number of hydrogen-bond donors (Lipinski definition) is 1. The third-order valence-electron chi connectivity index (χ3n) is 4.81. The van der Waals surface area contributed by atoms with Crippen LogP contribution in [0.25, 0.3) is 0 Å². The molecule has 6 heteroatoms. The van der Waals surface area contributed by atoms with Crippen LogP contribution in [-0.4, -0.2) is 60.1 Å². The molecule has 0 aliphatic carbocycles. The summed E-state index contributed by atoms with van der Waals surface area (Å²) < 4.78 is 5.08. The monoisotopic (exact) mass is 293 g/mol. The number of cyclic esters (lactones) is 1.